The number of piperazine rings is 1. The Morgan fingerprint density at radius 3 is 2.21 bits per heavy atom. The van der Waals surface area contributed by atoms with Gasteiger partial charge in [0.25, 0.3) is 0 Å². The number of carbonyl (C=O) groups excluding carboxylic acids is 2. The molecule has 1 saturated heterocycles. The number of hydroxylamine groups is 1. The SMILES string of the molecule is O=C(NO)[C@@H]1CCCC[C@@H]1C(=O)N1CCN(c2ccccc2)CC1. The molecule has 130 valence electrons. The van der Waals surface area contributed by atoms with E-state index in [2.05, 4.69) is 17.0 Å². The molecule has 3 rings (SSSR count). The van der Waals surface area contributed by atoms with Crippen molar-refractivity contribution in [3.63, 3.8) is 0 Å². The number of rotatable bonds is 3. The molecule has 2 fully saturated rings. The molecule has 1 aromatic rings. The third-order valence-corrected chi connectivity index (χ3v) is 5.24. The van der Waals surface area contributed by atoms with Crippen molar-refractivity contribution in [2.24, 2.45) is 11.8 Å². The van der Waals surface area contributed by atoms with E-state index in [-0.39, 0.29) is 11.8 Å². The van der Waals surface area contributed by atoms with Crippen LogP contribution in [0.15, 0.2) is 30.3 Å². The fraction of sp³-hybridized carbons (Fsp3) is 0.556. The van der Waals surface area contributed by atoms with Gasteiger partial charge < -0.3 is 9.80 Å². The molecule has 24 heavy (non-hydrogen) atoms. The fourth-order valence-corrected chi connectivity index (χ4v) is 3.88. The maximum atomic E-state index is 12.9. The maximum absolute atomic E-state index is 12.9. The fourth-order valence-electron chi connectivity index (χ4n) is 3.88. The molecule has 0 radical (unpaired) electrons. The predicted octanol–water partition coefficient (Wildman–Crippen LogP) is 1.65. The minimum absolute atomic E-state index is 0.0658. The average Bonchev–Trinajstić information content (AvgIpc) is 2.67. The molecule has 0 unspecified atom stereocenters. The van der Waals surface area contributed by atoms with Crippen molar-refractivity contribution in [3.8, 4) is 0 Å². The highest BCUT2D eigenvalue weighted by atomic mass is 16.5. The van der Waals surface area contributed by atoms with Crippen LogP contribution in [-0.4, -0.2) is 48.1 Å². The predicted molar refractivity (Wildman–Crippen MR) is 90.6 cm³/mol. The monoisotopic (exact) mass is 331 g/mol. The lowest BCUT2D eigenvalue weighted by Crippen LogP contribution is -2.52. The Bertz CT molecular complexity index is 570. The highest BCUT2D eigenvalue weighted by molar-refractivity contribution is 5.87. The first kappa shape index (κ1) is 16.8. The Kier molecular flexibility index (Phi) is 5.35. The first-order valence-corrected chi connectivity index (χ1v) is 8.73. The number of carbonyl (C=O) groups is 2. The van der Waals surface area contributed by atoms with Crippen molar-refractivity contribution in [1.29, 1.82) is 0 Å². The lowest BCUT2D eigenvalue weighted by molar-refractivity contribution is -0.147. The maximum Gasteiger partial charge on any atom is 0.247 e. The van der Waals surface area contributed by atoms with Gasteiger partial charge >= 0.3 is 0 Å². The summed E-state index contributed by atoms with van der Waals surface area (Å²) in [4.78, 5) is 28.9. The van der Waals surface area contributed by atoms with Crippen molar-refractivity contribution in [1.82, 2.24) is 10.4 Å². The van der Waals surface area contributed by atoms with Gasteiger partial charge in [0.2, 0.25) is 11.8 Å². The summed E-state index contributed by atoms with van der Waals surface area (Å²) in [7, 11) is 0. The van der Waals surface area contributed by atoms with Crippen molar-refractivity contribution >= 4 is 17.5 Å². The first-order chi connectivity index (χ1) is 11.7. The lowest BCUT2D eigenvalue weighted by Gasteiger charge is -2.39. The number of hydrogen-bond donors (Lipinski definition) is 2. The largest absolute Gasteiger partial charge is 0.368 e. The van der Waals surface area contributed by atoms with Gasteiger partial charge in [0.1, 0.15) is 0 Å². The second-order valence-electron chi connectivity index (χ2n) is 6.62. The van der Waals surface area contributed by atoms with Crippen molar-refractivity contribution in [2.45, 2.75) is 25.7 Å². The Balaban J connectivity index is 1.61. The number of para-hydroxylation sites is 1. The zero-order valence-corrected chi connectivity index (χ0v) is 13.9. The molecule has 2 aliphatic rings. The third-order valence-electron chi connectivity index (χ3n) is 5.24. The highest BCUT2D eigenvalue weighted by Crippen LogP contribution is 2.32. The van der Waals surface area contributed by atoms with Crippen molar-refractivity contribution < 1.29 is 14.8 Å². The number of benzene rings is 1. The summed E-state index contributed by atoms with van der Waals surface area (Å²) < 4.78 is 0. The van der Waals surface area contributed by atoms with Crippen LogP contribution in [0.2, 0.25) is 0 Å². The third kappa shape index (κ3) is 3.53. The molecule has 2 N–H and O–H groups in total. The van der Waals surface area contributed by atoms with E-state index in [0.717, 1.165) is 32.4 Å². The second kappa shape index (κ2) is 7.66. The smallest absolute Gasteiger partial charge is 0.247 e. The molecule has 2 amide bonds. The van der Waals surface area contributed by atoms with Gasteiger partial charge in [-0.1, -0.05) is 31.0 Å². The Morgan fingerprint density at radius 2 is 1.58 bits per heavy atom. The van der Waals surface area contributed by atoms with E-state index in [1.54, 1.807) is 5.48 Å². The molecule has 1 heterocycles. The quantitative estimate of drug-likeness (QED) is 0.652. The highest BCUT2D eigenvalue weighted by Gasteiger charge is 2.38. The van der Waals surface area contributed by atoms with Crippen LogP contribution < -0.4 is 10.4 Å². The molecule has 0 aromatic heterocycles. The summed E-state index contributed by atoms with van der Waals surface area (Å²) in [5.41, 5.74) is 2.91. The minimum atomic E-state index is -0.420. The van der Waals surface area contributed by atoms with E-state index in [0.29, 0.717) is 19.5 Å². The van der Waals surface area contributed by atoms with Gasteiger partial charge in [-0.05, 0) is 25.0 Å². The van der Waals surface area contributed by atoms with E-state index in [1.807, 2.05) is 23.1 Å². The summed E-state index contributed by atoms with van der Waals surface area (Å²) in [5.74, 6) is -1.05. The first-order valence-electron chi connectivity index (χ1n) is 8.73. The van der Waals surface area contributed by atoms with Gasteiger partial charge in [0.05, 0.1) is 5.92 Å². The molecular formula is C18H25N3O3. The van der Waals surface area contributed by atoms with Crippen LogP contribution >= 0.6 is 0 Å². The molecule has 6 heteroatoms. The Hall–Kier alpha value is -2.08. The van der Waals surface area contributed by atoms with E-state index >= 15 is 0 Å². The van der Waals surface area contributed by atoms with Crippen LogP contribution in [0.5, 0.6) is 0 Å². The van der Waals surface area contributed by atoms with E-state index in [9.17, 15) is 9.59 Å². The van der Waals surface area contributed by atoms with Gasteiger partial charge in [0, 0.05) is 37.8 Å². The van der Waals surface area contributed by atoms with E-state index in [1.165, 1.54) is 5.69 Å². The topological polar surface area (TPSA) is 72.9 Å². The van der Waals surface area contributed by atoms with E-state index in [4.69, 9.17) is 5.21 Å². The number of anilines is 1. The average molecular weight is 331 g/mol. The summed E-state index contributed by atoms with van der Waals surface area (Å²) in [6.45, 7) is 2.97. The van der Waals surface area contributed by atoms with Crippen LogP contribution in [0.3, 0.4) is 0 Å². The standard InChI is InChI=1S/C18H25N3O3/c22-17(19-24)15-8-4-5-9-16(15)18(23)21-12-10-20(11-13-21)14-6-2-1-3-7-14/h1-3,6-7,15-16,24H,4-5,8-13H2,(H,19,22)/t15-,16+/m1/s1. The number of hydrogen-bond acceptors (Lipinski definition) is 4. The Morgan fingerprint density at radius 1 is 0.958 bits per heavy atom. The van der Waals surface area contributed by atoms with Gasteiger partial charge in [0.15, 0.2) is 0 Å². The molecule has 0 bridgehead atoms. The van der Waals surface area contributed by atoms with Crippen molar-refractivity contribution in [2.75, 3.05) is 31.1 Å². The minimum Gasteiger partial charge on any atom is -0.368 e. The van der Waals surface area contributed by atoms with Crippen LogP contribution in [0.4, 0.5) is 5.69 Å². The van der Waals surface area contributed by atoms with E-state index < -0.39 is 11.8 Å². The number of amides is 2. The molecule has 0 spiro atoms. The van der Waals surface area contributed by atoms with Crippen LogP contribution in [-0.2, 0) is 9.59 Å². The zero-order valence-electron chi connectivity index (χ0n) is 13.9. The summed E-state index contributed by atoms with van der Waals surface area (Å²) in [6.07, 6.45) is 3.31. The van der Waals surface area contributed by atoms with Crippen LogP contribution in [0, 0.1) is 11.8 Å². The summed E-state index contributed by atoms with van der Waals surface area (Å²) >= 11 is 0. The van der Waals surface area contributed by atoms with Gasteiger partial charge in [-0.15, -0.1) is 0 Å². The lowest BCUT2D eigenvalue weighted by atomic mass is 9.78. The second-order valence-corrected chi connectivity index (χ2v) is 6.62. The van der Waals surface area contributed by atoms with Gasteiger partial charge in [-0.25, -0.2) is 5.48 Å². The molecule has 1 aliphatic heterocycles. The normalized spacial score (nSPS) is 24.5. The summed E-state index contributed by atoms with van der Waals surface area (Å²) in [6, 6.07) is 10.2. The van der Waals surface area contributed by atoms with Gasteiger partial charge in [-0.2, -0.15) is 0 Å². The molecule has 1 aromatic carbocycles. The Labute approximate surface area is 142 Å². The number of nitrogens with zero attached hydrogens (tertiary/aromatic N) is 2. The molecule has 1 aliphatic carbocycles. The number of nitrogens with one attached hydrogen (secondary N) is 1. The molecule has 6 nitrogen and oxygen atoms in total. The molecule has 1 saturated carbocycles. The molecule has 2 atom stereocenters. The summed E-state index contributed by atoms with van der Waals surface area (Å²) in [5, 5.41) is 8.93. The zero-order chi connectivity index (χ0) is 16.9. The van der Waals surface area contributed by atoms with Crippen LogP contribution in [0.25, 0.3) is 0 Å². The van der Waals surface area contributed by atoms with Crippen molar-refractivity contribution in [3.05, 3.63) is 30.3 Å². The molecular weight excluding hydrogens is 306 g/mol. The van der Waals surface area contributed by atoms with Crippen LogP contribution in [0.1, 0.15) is 25.7 Å². The van der Waals surface area contributed by atoms with Gasteiger partial charge in [-0.3, -0.25) is 14.8 Å².